The summed E-state index contributed by atoms with van der Waals surface area (Å²) in [6.45, 7) is 0.431. The van der Waals surface area contributed by atoms with E-state index in [-0.39, 0.29) is 12.3 Å². The normalized spacial score (nSPS) is 23.9. The average molecular weight is 221 g/mol. The fourth-order valence-electron chi connectivity index (χ4n) is 1.62. The molecule has 0 saturated carbocycles. The summed E-state index contributed by atoms with van der Waals surface area (Å²) in [4.78, 5) is 10.9. The largest absolute Gasteiger partial charge is 0.368 e. The van der Waals surface area contributed by atoms with Gasteiger partial charge in [-0.25, -0.2) is 8.42 Å². The van der Waals surface area contributed by atoms with Gasteiger partial charge in [0.05, 0.1) is 5.75 Å². The quantitative estimate of drug-likeness (QED) is 0.585. The highest BCUT2D eigenvalue weighted by atomic mass is 32.2. The number of carbonyl (C=O) groups is 1. The van der Waals surface area contributed by atoms with Gasteiger partial charge in [-0.1, -0.05) is 0 Å². The molecule has 4 N–H and O–H groups in total. The van der Waals surface area contributed by atoms with Crippen molar-refractivity contribution in [1.82, 2.24) is 4.31 Å². The molecule has 1 heterocycles. The van der Waals surface area contributed by atoms with E-state index in [9.17, 15) is 13.2 Å². The second kappa shape index (κ2) is 4.24. The van der Waals surface area contributed by atoms with E-state index in [0.717, 1.165) is 0 Å². The third kappa shape index (κ3) is 2.23. The Hall–Kier alpha value is -0.660. The maximum Gasteiger partial charge on any atom is 0.235 e. The molecule has 0 aromatic heterocycles. The third-order valence-electron chi connectivity index (χ3n) is 2.27. The molecular weight excluding hydrogens is 206 g/mol. The molecule has 0 aliphatic carbocycles. The Labute approximate surface area is 83.3 Å². The zero-order valence-electron chi connectivity index (χ0n) is 7.85. The smallest absolute Gasteiger partial charge is 0.235 e. The summed E-state index contributed by atoms with van der Waals surface area (Å²) in [6, 6.07) is -0.674. The predicted octanol–water partition coefficient (Wildman–Crippen LogP) is -1.78. The zero-order chi connectivity index (χ0) is 10.8. The molecule has 1 atom stereocenters. The van der Waals surface area contributed by atoms with E-state index in [4.69, 9.17) is 11.5 Å². The standard InChI is InChI=1S/C7H15N3O3S/c8-3-5-14(12,13)10-4-1-2-6(10)7(9)11/h6H,1-5,8H2,(H2,9,11). The Morgan fingerprint density at radius 1 is 1.50 bits per heavy atom. The van der Waals surface area contributed by atoms with Gasteiger partial charge in [0.15, 0.2) is 0 Å². The SMILES string of the molecule is NCCS(=O)(=O)N1CCCC1C(N)=O. The summed E-state index contributed by atoms with van der Waals surface area (Å²) >= 11 is 0. The minimum absolute atomic E-state index is 0.0598. The molecule has 14 heavy (non-hydrogen) atoms. The first kappa shape index (κ1) is 11.4. The fraction of sp³-hybridized carbons (Fsp3) is 0.857. The van der Waals surface area contributed by atoms with Crippen molar-refractivity contribution < 1.29 is 13.2 Å². The number of nitrogens with zero attached hydrogens (tertiary/aromatic N) is 1. The number of nitrogens with two attached hydrogens (primary N) is 2. The Balaban J connectivity index is 2.81. The summed E-state index contributed by atoms with van der Waals surface area (Å²) in [5.74, 6) is -0.709. The van der Waals surface area contributed by atoms with Gasteiger partial charge in [0.25, 0.3) is 0 Å². The van der Waals surface area contributed by atoms with Crippen LogP contribution in [0.3, 0.4) is 0 Å². The molecule has 0 aromatic carbocycles. The van der Waals surface area contributed by atoms with Crippen molar-refractivity contribution in [3.05, 3.63) is 0 Å². The van der Waals surface area contributed by atoms with Crippen LogP contribution in [0.25, 0.3) is 0 Å². The topological polar surface area (TPSA) is 106 Å². The van der Waals surface area contributed by atoms with Crippen molar-refractivity contribution in [2.24, 2.45) is 11.5 Å². The highest BCUT2D eigenvalue weighted by Gasteiger charge is 2.36. The lowest BCUT2D eigenvalue weighted by Gasteiger charge is -2.20. The van der Waals surface area contributed by atoms with Gasteiger partial charge in [-0.15, -0.1) is 0 Å². The molecule has 1 aliphatic rings. The van der Waals surface area contributed by atoms with Crippen LogP contribution < -0.4 is 11.5 Å². The Bertz CT molecular complexity index is 314. The number of primary amides is 1. The Kier molecular flexibility index (Phi) is 3.46. The monoisotopic (exact) mass is 221 g/mol. The van der Waals surface area contributed by atoms with Gasteiger partial charge < -0.3 is 11.5 Å². The van der Waals surface area contributed by atoms with E-state index in [2.05, 4.69) is 0 Å². The van der Waals surface area contributed by atoms with Crippen molar-refractivity contribution in [2.75, 3.05) is 18.8 Å². The molecule has 1 fully saturated rings. The second-order valence-corrected chi connectivity index (χ2v) is 5.32. The predicted molar refractivity (Wildman–Crippen MR) is 51.8 cm³/mol. The van der Waals surface area contributed by atoms with Crippen LogP contribution in [0.5, 0.6) is 0 Å². The molecule has 1 unspecified atom stereocenters. The summed E-state index contributed by atoms with van der Waals surface area (Å²) in [6.07, 6.45) is 1.19. The number of amides is 1. The van der Waals surface area contributed by atoms with Gasteiger partial charge in [-0.2, -0.15) is 4.31 Å². The fourth-order valence-corrected chi connectivity index (χ4v) is 3.16. The zero-order valence-corrected chi connectivity index (χ0v) is 8.66. The lowest BCUT2D eigenvalue weighted by molar-refractivity contribution is -0.121. The lowest BCUT2D eigenvalue weighted by Crippen LogP contribution is -2.45. The maximum absolute atomic E-state index is 11.6. The van der Waals surface area contributed by atoms with Gasteiger partial charge in [-0.05, 0) is 12.8 Å². The van der Waals surface area contributed by atoms with Crippen molar-refractivity contribution in [2.45, 2.75) is 18.9 Å². The van der Waals surface area contributed by atoms with Crippen molar-refractivity contribution in [3.8, 4) is 0 Å². The van der Waals surface area contributed by atoms with Gasteiger partial charge in [0.2, 0.25) is 15.9 Å². The molecule has 0 aromatic rings. The van der Waals surface area contributed by atoms with Crippen LogP contribution in [0.1, 0.15) is 12.8 Å². The Morgan fingerprint density at radius 3 is 2.64 bits per heavy atom. The summed E-state index contributed by atoms with van der Waals surface area (Å²) in [5, 5.41) is 0. The highest BCUT2D eigenvalue weighted by Crippen LogP contribution is 2.20. The molecule has 1 saturated heterocycles. The number of hydrogen-bond donors (Lipinski definition) is 2. The van der Waals surface area contributed by atoms with E-state index in [0.29, 0.717) is 19.4 Å². The minimum atomic E-state index is -3.40. The van der Waals surface area contributed by atoms with Crippen LogP contribution in [-0.2, 0) is 14.8 Å². The minimum Gasteiger partial charge on any atom is -0.368 e. The summed E-state index contributed by atoms with van der Waals surface area (Å²) in [7, 11) is -3.40. The molecule has 1 rings (SSSR count). The molecule has 1 aliphatic heterocycles. The highest BCUT2D eigenvalue weighted by molar-refractivity contribution is 7.89. The average Bonchev–Trinajstić information content (AvgIpc) is 2.51. The first-order valence-corrected chi connectivity index (χ1v) is 6.09. The van der Waals surface area contributed by atoms with Crippen LogP contribution >= 0.6 is 0 Å². The van der Waals surface area contributed by atoms with Crippen molar-refractivity contribution >= 4 is 15.9 Å². The van der Waals surface area contributed by atoms with Crippen molar-refractivity contribution in [1.29, 1.82) is 0 Å². The van der Waals surface area contributed by atoms with E-state index in [1.54, 1.807) is 0 Å². The van der Waals surface area contributed by atoms with E-state index < -0.39 is 22.0 Å². The molecule has 82 valence electrons. The van der Waals surface area contributed by atoms with Gasteiger partial charge >= 0.3 is 0 Å². The first-order valence-electron chi connectivity index (χ1n) is 4.48. The van der Waals surface area contributed by atoms with Gasteiger partial charge in [0, 0.05) is 13.1 Å². The van der Waals surface area contributed by atoms with Crippen LogP contribution in [0.2, 0.25) is 0 Å². The molecule has 0 bridgehead atoms. The van der Waals surface area contributed by atoms with Gasteiger partial charge in [-0.3, -0.25) is 4.79 Å². The first-order chi connectivity index (χ1) is 6.49. The number of carbonyl (C=O) groups excluding carboxylic acids is 1. The number of sulfonamides is 1. The lowest BCUT2D eigenvalue weighted by atomic mass is 10.2. The van der Waals surface area contributed by atoms with Crippen LogP contribution in [-0.4, -0.2) is 43.5 Å². The summed E-state index contributed by atoms with van der Waals surface area (Å²) < 4.78 is 24.3. The van der Waals surface area contributed by atoms with E-state index >= 15 is 0 Å². The number of hydrogen-bond acceptors (Lipinski definition) is 4. The van der Waals surface area contributed by atoms with E-state index in [1.807, 2.05) is 0 Å². The van der Waals surface area contributed by atoms with Gasteiger partial charge in [0.1, 0.15) is 6.04 Å². The molecule has 1 amide bonds. The second-order valence-electron chi connectivity index (χ2n) is 3.28. The van der Waals surface area contributed by atoms with Crippen molar-refractivity contribution in [3.63, 3.8) is 0 Å². The molecule has 0 spiro atoms. The van der Waals surface area contributed by atoms with Crippen LogP contribution in [0, 0.1) is 0 Å². The van der Waals surface area contributed by atoms with Crippen LogP contribution in [0.4, 0.5) is 0 Å². The molecular formula is C7H15N3O3S. The molecule has 6 nitrogen and oxygen atoms in total. The molecule has 7 heteroatoms. The summed E-state index contributed by atoms with van der Waals surface area (Å²) in [5.41, 5.74) is 10.3. The maximum atomic E-state index is 11.6. The molecule has 0 radical (unpaired) electrons. The van der Waals surface area contributed by atoms with Crippen LogP contribution in [0.15, 0.2) is 0 Å². The number of rotatable bonds is 4. The third-order valence-corrected chi connectivity index (χ3v) is 4.17. The van der Waals surface area contributed by atoms with E-state index in [1.165, 1.54) is 4.31 Å². The Morgan fingerprint density at radius 2 is 2.14 bits per heavy atom.